The Hall–Kier alpha value is -0.940. The van der Waals surface area contributed by atoms with Gasteiger partial charge in [0.25, 0.3) is 0 Å². The number of hydrogen-bond acceptors (Lipinski definition) is 2. The van der Waals surface area contributed by atoms with Gasteiger partial charge >= 0.3 is 0 Å². The summed E-state index contributed by atoms with van der Waals surface area (Å²) < 4.78 is 36.6. The molecule has 5 heteroatoms. The largest absolute Gasteiger partial charge is 0.240 e. The van der Waals surface area contributed by atoms with Crippen molar-refractivity contribution in [1.29, 1.82) is 0 Å². The maximum Gasteiger partial charge on any atom is 0.240 e. The molecule has 0 unspecified atom stereocenters. The highest BCUT2D eigenvalue weighted by atomic mass is 32.2. The smallest absolute Gasteiger partial charge is 0.214 e. The van der Waals surface area contributed by atoms with Crippen LogP contribution in [0.1, 0.15) is 20.3 Å². The zero-order chi connectivity index (χ0) is 11.9. The molecule has 1 aromatic carbocycles. The topological polar surface area (TPSA) is 46.2 Å². The van der Waals surface area contributed by atoms with Crippen LogP contribution < -0.4 is 4.72 Å². The van der Waals surface area contributed by atoms with Crippen LogP contribution in [-0.2, 0) is 10.0 Å². The fourth-order valence-electron chi connectivity index (χ4n) is 0.732. The number of sulfonamides is 1. The third-order valence-electron chi connectivity index (χ3n) is 1.39. The van der Waals surface area contributed by atoms with Crippen LogP contribution in [-0.4, -0.2) is 15.5 Å². The van der Waals surface area contributed by atoms with E-state index in [0.29, 0.717) is 0 Å². The molecule has 1 N–H and O–H groups in total. The van der Waals surface area contributed by atoms with Crippen LogP contribution in [0.15, 0.2) is 29.2 Å². The Morgan fingerprint density at radius 3 is 1.93 bits per heavy atom. The summed E-state index contributed by atoms with van der Waals surface area (Å²) in [6.07, 6.45) is 1.25. The van der Waals surface area contributed by atoms with Crippen molar-refractivity contribution in [2.24, 2.45) is 0 Å². The van der Waals surface area contributed by atoms with Crippen molar-refractivity contribution in [1.82, 2.24) is 4.72 Å². The van der Waals surface area contributed by atoms with Crippen LogP contribution in [0.2, 0.25) is 0 Å². The van der Waals surface area contributed by atoms with Crippen molar-refractivity contribution in [3.63, 3.8) is 0 Å². The van der Waals surface area contributed by atoms with Crippen LogP contribution in [0, 0.1) is 5.82 Å². The standard InChI is InChI=1S/C7H8FNO2S.C3H8/c1-9-12(10,11)7-4-2-6(8)3-5-7;1-3-2/h2-5,9H,1H3;3H2,1-2H3. The third-order valence-corrected chi connectivity index (χ3v) is 2.82. The average Bonchev–Trinajstić information content (AvgIpc) is 2.20. The summed E-state index contributed by atoms with van der Waals surface area (Å²) in [6.45, 7) is 4.25. The summed E-state index contributed by atoms with van der Waals surface area (Å²) in [6, 6.07) is 4.62. The first-order chi connectivity index (χ1) is 6.97. The lowest BCUT2D eigenvalue weighted by atomic mass is 10.4. The van der Waals surface area contributed by atoms with Gasteiger partial charge < -0.3 is 0 Å². The molecule has 0 atom stereocenters. The van der Waals surface area contributed by atoms with Gasteiger partial charge in [0.2, 0.25) is 10.0 Å². The first-order valence-electron chi connectivity index (χ1n) is 4.67. The van der Waals surface area contributed by atoms with E-state index in [-0.39, 0.29) is 4.90 Å². The van der Waals surface area contributed by atoms with Gasteiger partial charge in [-0.25, -0.2) is 17.5 Å². The molecule has 0 aromatic heterocycles. The molecule has 1 aromatic rings. The fourth-order valence-corrected chi connectivity index (χ4v) is 1.46. The zero-order valence-corrected chi connectivity index (χ0v) is 9.94. The van der Waals surface area contributed by atoms with Gasteiger partial charge in [0.05, 0.1) is 4.90 Å². The van der Waals surface area contributed by atoms with Crippen LogP contribution in [0.25, 0.3) is 0 Å². The molecule has 15 heavy (non-hydrogen) atoms. The first-order valence-corrected chi connectivity index (χ1v) is 6.15. The number of rotatable bonds is 2. The summed E-state index contributed by atoms with van der Waals surface area (Å²) in [5, 5.41) is 0. The summed E-state index contributed by atoms with van der Waals surface area (Å²) in [5.74, 6) is -0.454. The van der Waals surface area contributed by atoms with Gasteiger partial charge in [-0.15, -0.1) is 0 Å². The second-order valence-electron chi connectivity index (χ2n) is 2.87. The Kier molecular flexibility index (Phi) is 6.12. The highest BCUT2D eigenvalue weighted by Crippen LogP contribution is 2.08. The van der Waals surface area contributed by atoms with E-state index in [1.807, 2.05) is 0 Å². The highest BCUT2D eigenvalue weighted by Gasteiger charge is 2.09. The zero-order valence-electron chi connectivity index (χ0n) is 9.12. The molecular formula is C10H16FNO2S. The van der Waals surface area contributed by atoms with Gasteiger partial charge in [-0.3, -0.25) is 0 Å². The molecule has 86 valence electrons. The number of hydrogen-bond donors (Lipinski definition) is 1. The second-order valence-corrected chi connectivity index (χ2v) is 4.76. The number of halogens is 1. The Balaban J connectivity index is 0.000000583. The van der Waals surface area contributed by atoms with Crippen molar-refractivity contribution in [3.8, 4) is 0 Å². The summed E-state index contributed by atoms with van der Waals surface area (Å²) in [4.78, 5) is 0.0615. The Labute approximate surface area is 90.4 Å². The number of benzene rings is 1. The molecule has 0 bridgehead atoms. The minimum Gasteiger partial charge on any atom is -0.214 e. The molecule has 0 aliphatic rings. The quantitative estimate of drug-likeness (QED) is 0.850. The molecule has 0 saturated heterocycles. The Morgan fingerprint density at radius 1 is 1.20 bits per heavy atom. The van der Waals surface area contributed by atoms with Gasteiger partial charge in [-0.2, -0.15) is 0 Å². The van der Waals surface area contributed by atoms with Gasteiger partial charge in [-0.05, 0) is 31.3 Å². The normalized spacial score (nSPS) is 10.4. The molecular weight excluding hydrogens is 217 g/mol. The van der Waals surface area contributed by atoms with Gasteiger partial charge in [0.15, 0.2) is 0 Å². The average molecular weight is 233 g/mol. The van der Waals surface area contributed by atoms with Gasteiger partial charge in [0, 0.05) is 0 Å². The van der Waals surface area contributed by atoms with Crippen molar-refractivity contribution in [2.75, 3.05) is 7.05 Å². The lowest BCUT2D eigenvalue weighted by molar-refractivity contribution is 0.587. The minimum absolute atomic E-state index is 0.0615. The molecule has 0 amide bonds. The van der Waals surface area contributed by atoms with Crippen LogP contribution in [0.3, 0.4) is 0 Å². The highest BCUT2D eigenvalue weighted by molar-refractivity contribution is 7.89. The molecule has 0 aliphatic heterocycles. The second kappa shape index (κ2) is 6.53. The third kappa shape index (κ3) is 4.90. The Morgan fingerprint density at radius 2 is 1.60 bits per heavy atom. The van der Waals surface area contributed by atoms with E-state index in [1.54, 1.807) is 0 Å². The predicted molar refractivity (Wildman–Crippen MR) is 58.6 cm³/mol. The van der Waals surface area contributed by atoms with E-state index in [9.17, 15) is 12.8 Å². The van der Waals surface area contributed by atoms with E-state index >= 15 is 0 Å². The molecule has 0 saturated carbocycles. The van der Waals surface area contributed by atoms with E-state index in [4.69, 9.17) is 0 Å². The molecule has 0 spiro atoms. The predicted octanol–water partition coefficient (Wildman–Crippen LogP) is 2.15. The van der Waals surface area contributed by atoms with Crippen molar-refractivity contribution in [3.05, 3.63) is 30.1 Å². The molecule has 0 heterocycles. The summed E-state index contributed by atoms with van der Waals surface area (Å²) in [7, 11) is -2.13. The maximum absolute atomic E-state index is 12.4. The van der Waals surface area contributed by atoms with E-state index in [2.05, 4.69) is 18.6 Å². The molecule has 0 aliphatic carbocycles. The molecule has 0 fully saturated rings. The number of nitrogens with one attached hydrogen (secondary N) is 1. The molecule has 0 radical (unpaired) electrons. The summed E-state index contributed by atoms with van der Waals surface area (Å²) >= 11 is 0. The van der Waals surface area contributed by atoms with Gasteiger partial charge in [0.1, 0.15) is 5.82 Å². The Bertz CT molecular complexity index is 373. The molecule has 3 nitrogen and oxygen atoms in total. The monoisotopic (exact) mass is 233 g/mol. The van der Waals surface area contributed by atoms with Crippen molar-refractivity contribution < 1.29 is 12.8 Å². The lowest BCUT2D eigenvalue weighted by Crippen LogP contribution is -2.18. The van der Waals surface area contributed by atoms with E-state index < -0.39 is 15.8 Å². The SMILES string of the molecule is CCC.CNS(=O)(=O)c1ccc(F)cc1. The van der Waals surface area contributed by atoms with E-state index in [1.165, 1.54) is 25.6 Å². The first kappa shape index (κ1) is 14.1. The van der Waals surface area contributed by atoms with Gasteiger partial charge in [-0.1, -0.05) is 20.3 Å². The minimum atomic E-state index is -3.43. The fraction of sp³-hybridized carbons (Fsp3) is 0.400. The summed E-state index contributed by atoms with van der Waals surface area (Å²) in [5.41, 5.74) is 0. The van der Waals surface area contributed by atoms with Crippen molar-refractivity contribution in [2.45, 2.75) is 25.2 Å². The van der Waals surface area contributed by atoms with Crippen molar-refractivity contribution >= 4 is 10.0 Å². The van der Waals surface area contributed by atoms with Crippen LogP contribution in [0.4, 0.5) is 4.39 Å². The van der Waals surface area contributed by atoms with Crippen LogP contribution in [0.5, 0.6) is 0 Å². The van der Waals surface area contributed by atoms with E-state index in [0.717, 1.165) is 12.1 Å². The van der Waals surface area contributed by atoms with Crippen LogP contribution >= 0.6 is 0 Å². The maximum atomic E-state index is 12.4. The molecule has 1 rings (SSSR count). The lowest BCUT2D eigenvalue weighted by Gasteiger charge is -2.00.